The Morgan fingerprint density at radius 2 is 1.83 bits per heavy atom. The zero-order valence-corrected chi connectivity index (χ0v) is 17.9. The Labute approximate surface area is 184 Å². The predicted molar refractivity (Wildman–Crippen MR) is 119 cm³/mol. The first kappa shape index (κ1) is 20.9. The van der Waals surface area contributed by atoms with E-state index in [4.69, 9.17) is 11.6 Å². The van der Waals surface area contributed by atoms with Gasteiger partial charge in [0.25, 0.3) is 0 Å². The van der Waals surface area contributed by atoms with Gasteiger partial charge in [-0.15, -0.1) is 11.3 Å². The Kier molecular flexibility index (Phi) is 6.74. The van der Waals surface area contributed by atoms with Gasteiger partial charge < -0.3 is 5.32 Å². The summed E-state index contributed by atoms with van der Waals surface area (Å²) in [5.74, 6) is -0.380. The van der Waals surface area contributed by atoms with E-state index in [2.05, 4.69) is 20.1 Å². The SMILES string of the molecule is O=C(CN1CCN(Cc2ccc(F)cc2Cl)CC1)Nc1nc(-c2ccccc2)cs1. The molecule has 1 amide bonds. The maximum atomic E-state index is 13.2. The summed E-state index contributed by atoms with van der Waals surface area (Å²) in [6, 6.07) is 14.4. The lowest BCUT2D eigenvalue weighted by molar-refractivity contribution is -0.117. The van der Waals surface area contributed by atoms with Crippen LogP contribution < -0.4 is 5.32 Å². The van der Waals surface area contributed by atoms with Gasteiger partial charge in [0.2, 0.25) is 5.91 Å². The van der Waals surface area contributed by atoms with Gasteiger partial charge in [-0.2, -0.15) is 0 Å². The van der Waals surface area contributed by atoms with E-state index in [1.165, 1.54) is 23.5 Å². The molecule has 0 saturated carbocycles. The molecule has 0 atom stereocenters. The van der Waals surface area contributed by atoms with E-state index in [-0.39, 0.29) is 11.7 Å². The van der Waals surface area contributed by atoms with E-state index in [0.29, 0.717) is 23.2 Å². The van der Waals surface area contributed by atoms with Crippen molar-refractivity contribution in [2.75, 3.05) is 38.0 Å². The van der Waals surface area contributed by atoms with Crippen molar-refractivity contribution in [2.45, 2.75) is 6.54 Å². The molecule has 2 heterocycles. The molecular weight excluding hydrogens is 423 g/mol. The second-order valence-electron chi connectivity index (χ2n) is 7.24. The van der Waals surface area contributed by atoms with Crippen molar-refractivity contribution < 1.29 is 9.18 Å². The van der Waals surface area contributed by atoms with E-state index in [9.17, 15) is 9.18 Å². The van der Waals surface area contributed by atoms with Gasteiger partial charge in [-0.3, -0.25) is 14.6 Å². The van der Waals surface area contributed by atoms with Crippen molar-refractivity contribution in [3.05, 3.63) is 70.3 Å². The highest BCUT2D eigenvalue weighted by Gasteiger charge is 2.20. The van der Waals surface area contributed by atoms with E-state index in [0.717, 1.165) is 43.0 Å². The van der Waals surface area contributed by atoms with Gasteiger partial charge in [0.05, 0.1) is 12.2 Å². The highest BCUT2D eigenvalue weighted by Crippen LogP contribution is 2.24. The molecule has 0 spiro atoms. The Morgan fingerprint density at radius 1 is 1.10 bits per heavy atom. The van der Waals surface area contributed by atoms with Crippen LogP contribution in [0.25, 0.3) is 11.3 Å². The van der Waals surface area contributed by atoms with Crippen LogP contribution in [-0.2, 0) is 11.3 Å². The topological polar surface area (TPSA) is 48.5 Å². The van der Waals surface area contributed by atoms with E-state index in [1.807, 2.05) is 35.7 Å². The lowest BCUT2D eigenvalue weighted by Gasteiger charge is -2.34. The molecule has 5 nitrogen and oxygen atoms in total. The largest absolute Gasteiger partial charge is 0.301 e. The number of nitrogens with one attached hydrogen (secondary N) is 1. The fourth-order valence-corrected chi connectivity index (χ4v) is 4.39. The number of rotatable bonds is 6. The second-order valence-corrected chi connectivity index (χ2v) is 8.51. The third-order valence-electron chi connectivity index (χ3n) is 5.06. The third kappa shape index (κ3) is 5.43. The van der Waals surface area contributed by atoms with Crippen LogP contribution in [0, 0.1) is 5.82 Å². The van der Waals surface area contributed by atoms with E-state index >= 15 is 0 Å². The summed E-state index contributed by atoms with van der Waals surface area (Å²) in [6.07, 6.45) is 0. The molecule has 0 unspecified atom stereocenters. The quantitative estimate of drug-likeness (QED) is 0.613. The number of aromatic nitrogens is 1. The summed E-state index contributed by atoms with van der Waals surface area (Å²) in [4.78, 5) is 21.3. The normalized spacial score (nSPS) is 15.3. The molecule has 156 valence electrons. The molecule has 0 bridgehead atoms. The summed E-state index contributed by atoms with van der Waals surface area (Å²) in [7, 11) is 0. The van der Waals surface area contributed by atoms with Crippen LogP contribution in [0.15, 0.2) is 53.9 Å². The standard InChI is InChI=1S/C22H22ClFN4OS/c23-19-12-18(24)7-6-17(19)13-27-8-10-28(11-9-27)14-21(29)26-22-25-20(15-30-22)16-4-2-1-3-5-16/h1-7,12,15H,8-11,13-14H2,(H,25,26,29). The smallest absolute Gasteiger partial charge is 0.240 e. The van der Waals surface area contributed by atoms with Crippen LogP contribution in [0.5, 0.6) is 0 Å². The monoisotopic (exact) mass is 444 g/mol. The summed E-state index contributed by atoms with van der Waals surface area (Å²) in [5.41, 5.74) is 2.82. The number of nitrogens with zero attached hydrogens (tertiary/aromatic N) is 3. The van der Waals surface area contributed by atoms with Crippen molar-refractivity contribution in [3.63, 3.8) is 0 Å². The first-order valence-corrected chi connectivity index (χ1v) is 11.0. The average Bonchev–Trinajstić information content (AvgIpc) is 3.20. The number of benzene rings is 2. The summed E-state index contributed by atoms with van der Waals surface area (Å²) in [6.45, 7) is 4.26. The van der Waals surface area contributed by atoms with Gasteiger partial charge >= 0.3 is 0 Å². The fourth-order valence-electron chi connectivity index (χ4n) is 3.43. The van der Waals surface area contributed by atoms with Crippen LogP contribution in [0.2, 0.25) is 5.02 Å². The molecule has 30 heavy (non-hydrogen) atoms. The van der Waals surface area contributed by atoms with Gasteiger partial charge in [0.15, 0.2) is 5.13 Å². The molecule has 1 N–H and O–H groups in total. The van der Waals surface area contributed by atoms with Crippen LogP contribution in [-0.4, -0.2) is 53.4 Å². The van der Waals surface area contributed by atoms with Gasteiger partial charge in [-0.25, -0.2) is 9.37 Å². The molecule has 0 aliphatic carbocycles. The number of hydrogen-bond acceptors (Lipinski definition) is 5. The van der Waals surface area contributed by atoms with E-state index in [1.54, 1.807) is 6.07 Å². The van der Waals surface area contributed by atoms with Gasteiger partial charge in [0.1, 0.15) is 5.82 Å². The van der Waals surface area contributed by atoms with Crippen molar-refractivity contribution >= 4 is 34.0 Å². The molecule has 0 radical (unpaired) electrons. The number of carbonyl (C=O) groups is 1. The summed E-state index contributed by atoms with van der Waals surface area (Å²) in [5, 5.41) is 5.92. The van der Waals surface area contributed by atoms with E-state index < -0.39 is 0 Å². The molecule has 1 aromatic heterocycles. The Bertz CT molecular complexity index is 1010. The van der Waals surface area contributed by atoms with Crippen LogP contribution in [0.1, 0.15) is 5.56 Å². The van der Waals surface area contributed by atoms with Crippen molar-refractivity contribution in [2.24, 2.45) is 0 Å². The number of halogens is 2. The maximum Gasteiger partial charge on any atom is 0.240 e. The number of piperazine rings is 1. The van der Waals surface area contributed by atoms with Crippen LogP contribution in [0.4, 0.5) is 9.52 Å². The third-order valence-corrected chi connectivity index (χ3v) is 6.17. The Balaban J connectivity index is 1.24. The molecule has 8 heteroatoms. The summed E-state index contributed by atoms with van der Waals surface area (Å²) >= 11 is 7.56. The minimum absolute atomic E-state index is 0.0565. The number of anilines is 1. The van der Waals surface area contributed by atoms with Crippen molar-refractivity contribution in [3.8, 4) is 11.3 Å². The molecule has 4 rings (SSSR count). The Hall–Kier alpha value is -2.32. The maximum absolute atomic E-state index is 13.2. The van der Waals surface area contributed by atoms with Crippen molar-refractivity contribution in [1.29, 1.82) is 0 Å². The minimum atomic E-state index is -0.323. The zero-order valence-electron chi connectivity index (χ0n) is 16.4. The predicted octanol–water partition coefficient (Wildman–Crippen LogP) is 4.36. The fraction of sp³-hybridized carbons (Fsp3) is 0.273. The zero-order chi connectivity index (χ0) is 20.9. The van der Waals surface area contributed by atoms with Gasteiger partial charge in [-0.1, -0.05) is 48.0 Å². The lowest BCUT2D eigenvalue weighted by atomic mass is 10.2. The number of carbonyl (C=O) groups excluding carboxylic acids is 1. The lowest BCUT2D eigenvalue weighted by Crippen LogP contribution is -2.48. The average molecular weight is 445 g/mol. The first-order valence-electron chi connectivity index (χ1n) is 9.76. The molecule has 1 aliphatic heterocycles. The molecule has 1 fully saturated rings. The van der Waals surface area contributed by atoms with Crippen molar-refractivity contribution in [1.82, 2.24) is 14.8 Å². The Morgan fingerprint density at radius 3 is 2.57 bits per heavy atom. The molecule has 3 aromatic rings. The highest BCUT2D eigenvalue weighted by atomic mass is 35.5. The second kappa shape index (κ2) is 9.66. The highest BCUT2D eigenvalue weighted by molar-refractivity contribution is 7.14. The van der Waals surface area contributed by atoms with Crippen LogP contribution in [0.3, 0.4) is 0 Å². The summed E-state index contributed by atoms with van der Waals surface area (Å²) < 4.78 is 13.2. The van der Waals surface area contributed by atoms with Gasteiger partial charge in [-0.05, 0) is 17.7 Å². The number of thiazole rings is 1. The number of hydrogen-bond donors (Lipinski definition) is 1. The molecule has 1 aliphatic rings. The van der Waals surface area contributed by atoms with Gasteiger partial charge in [0, 0.05) is 48.7 Å². The first-order chi connectivity index (χ1) is 14.6. The minimum Gasteiger partial charge on any atom is -0.301 e. The molecule has 2 aromatic carbocycles. The number of amides is 1. The molecular formula is C22H22ClFN4OS. The molecule has 1 saturated heterocycles. The van der Waals surface area contributed by atoms with Crippen LogP contribution >= 0.6 is 22.9 Å².